The highest BCUT2D eigenvalue weighted by Gasteiger charge is 2.24. The molecule has 0 spiro atoms. The van der Waals surface area contributed by atoms with E-state index in [1.165, 1.54) is 16.3 Å². The van der Waals surface area contributed by atoms with Crippen LogP contribution in [0.25, 0.3) is 5.69 Å². The van der Waals surface area contributed by atoms with Gasteiger partial charge in [-0.2, -0.15) is 5.10 Å². The van der Waals surface area contributed by atoms with Crippen LogP contribution in [0.1, 0.15) is 34.5 Å². The molecule has 1 aliphatic rings. The van der Waals surface area contributed by atoms with E-state index in [4.69, 9.17) is 0 Å². The molecule has 1 saturated heterocycles. The van der Waals surface area contributed by atoms with Gasteiger partial charge < -0.3 is 9.80 Å². The third-order valence-corrected chi connectivity index (χ3v) is 5.98. The molecular formula is C25H29FN4O. The van der Waals surface area contributed by atoms with E-state index in [-0.39, 0.29) is 11.7 Å². The molecule has 1 aromatic heterocycles. The normalized spacial score (nSPS) is 15.1. The van der Waals surface area contributed by atoms with Crippen molar-refractivity contribution in [3.8, 4) is 5.69 Å². The first-order valence-electron chi connectivity index (χ1n) is 11.0. The Balaban J connectivity index is 1.35. The van der Waals surface area contributed by atoms with Crippen LogP contribution in [-0.4, -0.2) is 58.2 Å². The Morgan fingerprint density at radius 2 is 1.77 bits per heavy atom. The Hall–Kier alpha value is -2.99. The van der Waals surface area contributed by atoms with Crippen molar-refractivity contribution >= 4 is 5.91 Å². The summed E-state index contributed by atoms with van der Waals surface area (Å²) in [5, 5.41) is 4.29. The monoisotopic (exact) mass is 420 g/mol. The number of para-hydroxylation sites is 1. The fraction of sp³-hybridized carbons (Fsp3) is 0.360. The van der Waals surface area contributed by atoms with E-state index in [2.05, 4.69) is 34.3 Å². The molecule has 0 saturated carbocycles. The molecule has 2 heterocycles. The molecule has 1 aliphatic heterocycles. The van der Waals surface area contributed by atoms with Crippen molar-refractivity contribution in [1.29, 1.82) is 0 Å². The zero-order valence-corrected chi connectivity index (χ0v) is 18.0. The van der Waals surface area contributed by atoms with Gasteiger partial charge in [-0.25, -0.2) is 9.07 Å². The number of rotatable bonds is 6. The highest BCUT2D eigenvalue weighted by Crippen LogP contribution is 2.19. The van der Waals surface area contributed by atoms with Crippen LogP contribution in [0.15, 0.2) is 60.8 Å². The standard InChI is InChI=1S/C25H29FN4O/c1-20-22(19-27-30(20)24-13-6-5-12-23(24)26)25(31)29-16-8-15-28(17-18-29)14-7-11-21-9-3-2-4-10-21/h2-6,9-10,12-13,19H,7-8,11,14-18H2,1H3. The molecule has 162 valence electrons. The van der Waals surface area contributed by atoms with Gasteiger partial charge in [0, 0.05) is 19.6 Å². The minimum absolute atomic E-state index is 0.0220. The number of amides is 1. The van der Waals surface area contributed by atoms with Crippen LogP contribution in [0.2, 0.25) is 0 Å². The molecule has 6 heteroatoms. The fourth-order valence-corrected chi connectivity index (χ4v) is 4.21. The van der Waals surface area contributed by atoms with Gasteiger partial charge in [0.1, 0.15) is 11.5 Å². The molecule has 1 fully saturated rings. The molecule has 3 aromatic rings. The molecular weight excluding hydrogens is 391 g/mol. The first-order chi connectivity index (χ1) is 15.1. The number of benzene rings is 2. The fourth-order valence-electron chi connectivity index (χ4n) is 4.21. The lowest BCUT2D eigenvalue weighted by Crippen LogP contribution is -2.35. The lowest BCUT2D eigenvalue weighted by molar-refractivity contribution is 0.0760. The van der Waals surface area contributed by atoms with Crippen molar-refractivity contribution in [2.75, 3.05) is 32.7 Å². The van der Waals surface area contributed by atoms with Gasteiger partial charge in [-0.1, -0.05) is 42.5 Å². The molecule has 0 atom stereocenters. The average Bonchev–Trinajstić information content (AvgIpc) is 3.01. The first-order valence-corrected chi connectivity index (χ1v) is 11.0. The largest absolute Gasteiger partial charge is 0.337 e. The van der Waals surface area contributed by atoms with E-state index in [1.54, 1.807) is 24.4 Å². The van der Waals surface area contributed by atoms with Crippen LogP contribution >= 0.6 is 0 Å². The van der Waals surface area contributed by atoms with Crippen LogP contribution < -0.4 is 0 Å². The number of hydrogen-bond donors (Lipinski definition) is 0. The van der Waals surface area contributed by atoms with E-state index in [9.17, 15) is 9.18 Å². The summed E-state index contributed by atoms with van der Waals surface area (Å²) < 4.78 is 15.7. The summed E-state index contributed by atoms with van der Waals surface area (Å²) in [5.74, 6) is -0.375. The Labute approximate surface area is 183 Å². The molecule has 2 aromatic carbocycles. The van der Waals surface area contributed by atoms with Gasteiger partial charge >= 0.3 is 0 Å². The summed E-state index contributed by atoms with van der Waals surface area (Å²) >= 11 is 0. The van der Waals surface area contributed by atoms with Gasteiger partial charge in [-0.3, -0.25) is 4.79 Å². The minimum Gasteiger partial charge on any atom is -0.337 e. The Morgan fingerprint density at radius 3 is 2.58 bits per heavy atom. The van der Waals surface area contributed by atoms with Crippen molar-refractivity contribution < 1.29 is 9.18 Å². The van der Waals surface area contributed by atoms with Crippen molar-refractivity contribution in [1.82, 2.24) is 19.6 Å². The van der Waals surface area contributed by atoms with Gasteiger partial charge in [0.2, 0.25) is 0 Å². The highest BCUT2D eigenvalue weighted by atomic mass is 19.1. The maximum absolute atomic E-state index is 14.2. The number of aromatic nitrogens is 2. The van der Waals surface area contributed by atoms with E-state index < -0.39 is 0 Å². The molecule has 0 bridgehead atoms. The second-order valence-corrected chi connectivity index (χ2v) is 8.08. The summed E-state index contributed by atoms with van der Waals surface area (Å²) in [6, 6.07) is 17.0. The number of carbonyl (C=O) groups is 1. The van der Waals surface area contributed by atoms with E-state index in [0.29, 0.717) is 23.5 Å². The molecule has 5 nitrogen and oxygen atoms in total. The summed E-state index contributed by atoms with van der Waals surface area (Å²) in [6.45, 7) is 6.18. The molecule has 1 amide bonds. The molecule has 31 heavy (non-hydrogen) atoms. The predicted molar refractivity (Wildman–Crippen MR) is 120 cm³/mol. The number of halogens is 1. The average molecular weight is 421 g/mol. The summed E-state index contributed by atoms with van der Waals surface area (Å²) in [7, 11) is 0. The Morgan fingerprint density at radius 1 is 1.00 bits per heavy atom. The predicted octanol–water partition coefficient (Wildman–Crippen LogP) is 4.10. The summed E-state index contributed by atoms with van der Waals surface area (Å²) in [6.07, 6.45) is 4.71. The SMILES string of the molecule is Cc1c(C(=O)N2CCCN(CCCc3ccccc3)CC2)cnn1-c1ccccc1F. The zero-order valence-electron chi connectivity index (χ0n) is 18.0. The van der Waals surface area contributed by atoms with E-state index in [0.717, 1.165) is 45.4 Å². The maximum atomic E-state index is 14.2. The van der Waals surface area contributed by atoms with Gasteiger partial charge in [0.05, 0.1) is 17.5 Å². The molecule has 0 unspecified atom stereocenters. The van der Waals surface area contributed by atoms with Crippen LogP contribution in [0.3, 0.4) is 0 Å². The third kappa shape index (κ3) is 5.02. The van der Waals surface area contributed by atoms with Gasteiger partial charge in [-0.05, 0) is 57.0 Å². The number of nitrogens with zero attached hydrogens (tertiary/aromatic N) is 4. The quantitative estimate of drug-likeness (QED) is 0.603. The van der Waals surface area contributed by atoms with E-state index in [1.807, 2.05) is 17.9 Å². The van der Waals surface area contributed by atoms with Crippen molar-refractivity contribution in [3.05, 3.63) is 83.4 Å². The van der Waals surface area contributed by atoms with Gasteiger partial charge in [0.15, 0.2) is 0 Å². The topological polar surface area (TPSA) is 41.4 Å². The van der Waals surface area contributed by atoms with E-state index >= 15 is 0 Å². The number of hydrogen-bond acceptors (Lipinski definition) is 3. The van der Waals surface area contributed by atoms with Crippen LogP contribution in [0.5, 0.6) is 0 Å². The molecule has 0 aliphatic carbocycles. The molecule has 4 rings (SSSR count). The Kier molecular flexibility index (Phi) is 6.77. The van der Waals surface area contributed by atoms with Crippen molar-refractivity contribution in [2.45, 2.75) is 26.2 Å². The molecule has 0 N–H and O–H groups in total. The smallest absolute Gasteiger partial charge is 0.257 e. The van der Waals surface area contributed by atoms with Crippen molar-refractivity contribution in [3.63, 3.8) is 0 Å². The van der Waals surface area contributed by atoms with Gasteiger partial charge in [-0.15, -0.1) is 0 Å². The number of aryl methyl sites for hydroxylation is 1. The lowest BCUT2D eigenvalue weighted by atomic mass is 10.1. The summed E-state index contributed by atoms with van der Waals surface area (Å²) in [4.78, 5) is 17.5. The van der Waals surface area contributed by atoms with Crippen LogP contribution in [0, 0.1) is 12.7 Å². The van der Waals surface area contributed by atoms with Crippen LogP contribution in [0.4, 0.5) is 4.39 Å². The van der Waals surface area contributed by atoms with Crippen molar-refractivity contribution in [2.24, 2.45) is 0 Å². The highest BCUT2D eigenvalue weighted by molar-refractivity contribution is 5.95. The maximum Gasteiger partial charge on any atom is 0.257 e. The minimum atomic E-state index is -0.353. The first kappa shape index (κ1) is 21.2. The zero-order chi connectivity index (χ0) is 21.6. The Bertz CT molecular complexity index is 1020. The second-order valence-electron chi connectivity index (χ2n) is 8.08. The molecule has 0 radical (unpaired) electrons. The third-order valence-electron chi connectivity index (χ3n) is 5.98. The lowest BCUT2D eigenvalue weighted by Gasteiger charge is -2.22. The second kappa shape index (κ2) is 9.88. The van der Waals surface area contributed by atoms with Crippen LogP contribution in [-0.2, 0) is 6.42 Å². The number of carbonyl (C=O) groups excluding carboxylic acids is 1. The summed E-state index contributed by atoms with van der Waals surface area (Å²) in [5.41, 5.74) is 2.94. The van der Waals surface area contributed by atoms with Gasteiger partial charge in [0.25, 0.3) is 5.91 Å².